The van der Waals surface area contributed by atoms with E-state index in [0.29, 0.717) is 52.9 Å². The molecule has 0 bridgehead atoms. The van der Waals surface area contributed by atoms with Gasteiger partial charge in [-0.25, -0.2) is 0 Å². The summed E-state index contributed by atoms with van der Waals surface area (Å²) in [7, 11) is 0. The molecule has 0 fully saturated rings. The molecule has 1 heterocycles. The molecule has 4 rings (SSSR count). The van der Waals surface area contributed by atoms with Crippen LogP contribution in [0.4, 0.5) is 0 Å². The van der Waals surface area contributed by atoms with E-state index in [2.05, 4.69) is 0 Å². The lowest BCUT2D eigenvalue weighted by molar-refractivity contribution is 0.0913. The predicted octanol–water partition coefficient (Wildman–Crippen LogP) is 5.60. The van der Waals surface area contributed by atoms with E-state index >= 15 is 0 Å². The van der Waals surface area contributed by atoms with Crippen LogP contribution in [0.15, 0.2) is 66.7 Å². The van der Waals surface area contributed by atoms with Gasteiger partial charge in [-0.15, -0.1) is 0 Å². The lowest BCUT2D eigenvalue weighted by Crippen LogP contribution is -2.27. The van der Waals surface area contributed by atoms with Crippen molar-refractivity contribution in [1.29, 1.82) is 0 Å². The number of fused-ring (bicyclic) bond motifs is 1. The molecule has 1 N–H and O–H groups in total. The van der Waals surface area contributed by atoms with Crippen molar-refractivity contribution in [3.8, 4) is 23.0 Å². The Bertz CT molecular complexity index is 1210. The zero-order valence-corrected chi connectivity index (χ0v) is 20.2. The summed E-state index contributed by atoms with van der Waals surface area (Å²) in [6.45, 7) is 6.19. The Kier molecular flexibility index (Phi) is 7.42. The number of benzene rings is 3. The number of hydrogen-bond donors (Lipinski definition) is 1. The number of aliphatic hydroxyl groups is 1. The van der Waals surface area contributed by atoms with E-state index < -0.39 is 5.60 Å². The van der Waals surface area contributed by atoms with Gasteiger partial charge in [0.25, 0.3) is 0 Å². The Hall–Kier alpha value is -3.77. The first-order chi connectivity index (χ1) is 16.9. The van der Waals surface area contributed by atoms with Crippen LogP contribution >= 0.6 is 0 Å². The van der Waals surface area contributed by atoms with Crippen LogP contribution in [0, 0.1) is 0 Å². The van der Waals surface area contributed by atoms with Gasteiger partial charge in [0.2, 0.25) is 5.78 Å². The number of hydrogen-bond acceptors (Lipinski definition) is 6. The van der Waals surface area contributed by atoms with Gasteiger partial charge in [-0.3, -0.25) is 4.79 Å². The van der Waals surface area contributed by atoms with Crippen molar-refractivity contribution in [2.45, 2.75) is 39.6 Å². The molecule has 6 nitrogen and oxygen atoms in total. The van der Waals surface area contributed by atoms with Gasteiger partial charge >= 0.3 is 0 Å². The van der Waals surface area contributed by atoms with Gasteiger partial charge in [-0.1, -0.05) is 30.3 Å². The van der Waals surface area contributed by atoms with Gasteiger partial charge in [-0.2, -0.15) is 0 Å². The maximum atomic E-state index is 13.2. The second-order valence-electron chi connectivity index (χ2n) is 8.74. The molecule has 0 radical (unpaired) electrons. The Morgan fingerprint density at radius 1 is 1.00 bits per heavy atom. The fraction of sp³-hybridized carbons (Fsp3) is 0.276. The average Bonchev–Trinajstić information content (AvgIpc) is 2.86. The number of ketones is 1. The number of aliphatic hydroxyl groups excluding tert-OH is 1. The van der Waals surface area contributed by atoms with E-state index in [1.54, 1.807) is 24.3 Å². The highest BCUT2D eigenvalue weighted by molar-refractivity contribution is 6.00. The fourth-order valence-corrected chi connectivity index (χ4v) is 3.83. The summed E-state index contributed by atoms with van der Waals surface area (Å²) in [5.74, 6) is 1.88. The second-order valence-corrected chi connectivity index (χ2v) is 8.74. The first kappa shape index (κ1) is 24.4. The van der Waals surface area contributed by atoms with Gasteiger partial charge in [0, 0.05) is 11.6 Å². The van der Waals surface area contributed by atoms with E-state index in [-0.39, 0.29) is 19.0 Å². The zero-order chi connectivity index (χ0) is 24.8. The van der Waals surface area contributed by atoms with E-state index in [4.69, 9.17) is 18.9 Å². The van der Waals surface area contributed by atoms with E-state index in [0.717, 1.165) is 5.56 Å². The SMILES string of the molecule is CCOc1ccc(C(=O)COc2c(CO)ccc3c2C=CC(C)(C)O3)c(OCc2ccccc2)c1. The van der Waals surface area contributed by atoms with E-state index in [1.807, 2.05) is 69.3 Å². The van der Waals surface area contributed by atoms with Crippen molar-refractivity contribution in [2.24, 2.45) is 0 Å². The largest absolute Gasteiger partial charge is 0.494 e. The molecule has 0 unspecified atom stereocenters. The van der Waals surface area contributed by atoms with Crippen molar-refractivity contribution in [3.63, 3.8) is 0 Å². The molecule has 1 aliphatic rings. The molecular weight excluding hydrogens is 444 g/mol. The highest BCUT2D eigenvalue weighted by Gasteiger charge is 2.26. The Morgan fingerprint density at radius 3 is 2.54 bits per heavy atom. The Balaban J connectivity index is 1.56. The maximum Gasteiger partial charge on any atom is 0.203 e. The smallest absolute Gasteiger partial charge is 0.203 e. The second kappa shape index (κ2) is 10.7. The Labute approximate surface area is 205 Å². The first-order valence-electron chi connectivity index (χ1n) is 11.6. The van der Waals surface area contributed by atoms with E-state index in [9.17, 15) is 9.90 Å². The third-order valence-electron chi connectivity index (χ3n) is 5.58. The minimum atomic E-state index is -0.450. The van der Waals surface area contributed by atoms with Gasteiger partial charge in [-0.05, 0) is 62.8 Å². The molecule has 0 saturated carbocycles. The number of Topliss-reactive ketones (excluding diaryl/α,β-unsaturated/α-hetero) is 1. The Morgan fingerprint density at radius 2 is 1.80 bits per heavy atom. The molecule has 0 atom stereocenters. The van der Waals surface area contributed by atoms with Gasteiger partial charge < -0.3 is 24.1 Å². The van der Waals surface area contributed by atoms with Crippen molar-refractivity contribution < 1.29 is 28.8 Å². The third kappa shape index (κ3) is 5.84. The molecule has 3 aromatic rings. The summed E-state index contributed by atoms with van der Waals surface area (Å²) < 4.78 is 23.6. The monoisotopic (exact) mass is 474 g/mol. The normalized spacial score (nSPS) is 13.5. The number of carbonyl (C=O) groups is 1. The van der Waals surface area contributed by atoms with Gasteiger partial charge in [0.05, 0.1) is 24.3 Å². The summed E-state index contributed by atoms with van der Waals surface area (Å²) in [6.07, 6.45) is 3.83. The summed E-state index contributed by atoms with van der Waals surface area (Å²) in [5, 5.41) is 9.84. The van der Waals surface area contributed by atoms with E-state index in [1.165, 1.54) is 0 Å². The molecule has 0 amide bonds. The summed E-state index contributed by atoms with van der Waals surface area (Å²) in [5.41, 5.74) is 2.22. The first-order valence-corrected chi connectivity index (χ1v) is 11.6. The molecule has 0 aromatic heterocycles. The molecule has 0 saturated heterocycles. The van der Waals surface area contributed by atoms with Gasteiger partial charge in [0.15, 0.2) is 6.61 Å². The number of carbonyl (C=O) groups excluding carboxylic acids is 1. The highest BCUT2D eigenvalue weighted by atomic mass is 16.5. The van der Waals surface area contributed by atoms with Crippen molar-refractivity contribution in [3.05, 3.63) is 89.0 Å². The van der Waals surface area contributed by atoms with Crippen LogP contribution in [0.3, 0.4) is 0 Å². The van der Waals surface area contributed by atoms with Crippen LogP contribution in [0.2, 0.25) is 0 Å². The fourth-order valence-electron chi connectivity index (χ4n) is 3.83. The summed E-state index contributed by atoms with van der Waals surface area (Å²) >= 11 is 0. The van der Waals surface area contributed by atoms with Crippen LogP contribution in [0.1, 0.15) is 47.8 Å². The lowest BCUT2D eigenvalue weighted by Gasteiger charge is -2.29. The topological polar surface area (TPSA) is 74.2 Å². The maximum absolute atomic E-state index is 13.2. The van der Waals surface area contributed by atoms with Crippen molar-refractivity contribution in [2.75, 3.05) is 13.2 Å². The lowest BCUT2D eigenvalue weighted by atomic mass is 9.99. The zero-order valence-electron chi connectivity index (χ0n) is 20.2. The summed E-state index contributed by atoms with van der Waals surface area (Å²) in [4.78, 5) is 13.2. The molecule has 3 aromatic carbocycles. The molecule has 182 valence electrons. The van der Waals surface area contributed by atoms with Crippen LogP contribution < -0.4 is 18.9 Å². The molecule has 1 aliphatic heterocycles. The minimum Gasteiger partial charge on any atom is -0.494 e. The predicted molar refractivity (Wildman–Crippen MR) is 134 cm³/mol. The molecule has 35 heavy (non-hydrogen) atoms. The van der Waals surface area contributed by atoms with Crippen LogP contribution in [0.25, 0.3) is 6.08 Å². The quantitative estimate of drug-likeness (QED) is 0.386. The molecule has 0 aliphatic carbocycles. The molecular formula is C29H30O6. The van der Waals surface area contributed by atoms with Gasteiger partial charge in [0.1, 0.15) is 35.2 Å². The standard InChI is InChI=1S/C29H30O6/c1-4-32-22-11-12-23(27(16-22)33-18-20-8-6-5-7-9-20)25(31)19-34-28-21(17-30)10-13-26-24(28)14-15-29(2,3)35-26/h5-16,30H,4,17-19H2,1-3H3. The summed E-state index contributed by atoms with van der Waals surface area (Å²) in [6, 6.07) is 18.5. The number of rotatable bonds is 10. The van der Waals surface area contributed by atoms with Crippen molar-refractivity contribution in [1.82, 2.24) is 0 Å². The highest BCUT2D eigenvalue weighted by Crippen LogP contribution is 2.39. The average molecular weight is 475 g/mol. The van der Waals surface area contributed by atoms with Crippen LogP contribution in [-0.4, -0.2) is 29.7 Å². The third-order valence-corrected chi connectivity index (χ3v) is 5.58. The van der Waals surface area contributed by atoms with Crippen molar-refractivity contribution >= 4 is 11.9 Å². The number of ether oxygens (including phenoxy) is 4. The molecule has 6 heteroatoms. The molecule has 0 spiro atoms. The minimum absolute atomic E-state index is 0.220. The van der Waals surface area contributed by atoms with Crippen LogP contribution in [-0.2, 0) is 13.2 Å². The van der Waals surface area contributed by atoms with Crippen LogP contribution in [0.5, 0.6) is 23.0 Å².